The molecule has 32 heavy (non-hydrogen) atoms. The van der Waals surface area contributed by atoms with Crippen LogP contribution in [0.3, 0.4) is 0 Å². The molecule has 5 rings (SSSR count). The number of hydrogen-bond acceptors (Lipinski definition) is 6. The van der Waals surface area contributed by atoms with Gasteiger partial charge in [-0.1, -0.05) is 29.0 Å². The highest BCUT2D eigenvalue weighted by atomic mass is 32.1. The molecule has 1 aliphatic heterocycles. The second-order valence-electron chi connectivity index (χ2n) is 8.51. The number of nitrogens with one attached hydrogen (secondary N) is 2. The summed E-state index contributed by atoms with van der Waals surface area (Å²) in [6.45, 7) is 8.17. The summed E-state index contributed by atoms with van der Waals surface area (Å²) in [4.78, 5) is 20.0. The van der Waals surface area contributed by atoms with Gasteiger partial charge in [0.25, 0.3) is 0 Å². The molecule has 1 fully saturated rings. The van der Waals surface area contributed by atoms with Gasteiger partial charge in [-0.05, 0) is 45.7 Å². The van der Waals surface area contributed by atoms with Crippen LogP contribution in [-0.2, 0) is 11.3 Å². The van der Waals surface area contributed by atoms with Crippen LogP contribution in [0.15, 0.2) is 30.5 Å². The molecule has 0 saturated carbocycles. The Bertz CT molecular complexity index is 1250. The Balaban J connectivity index is 1.33. The second kappa shape index (κ2) is 8.38. The number of aromatic nitrogens is 5. The van der Waals surface area contributed by atoms with Crippen LogP contribution in [0, 0.1) is 26.7 Å². The van der Waals surface area contributed by atoms with E-state index < -0.39 is 0 Å². The average molecular weight is 450 g/mol. The molecule has 9 heteroatoms. The van der Waals surface area contributed by atoms with E-state index in [9.17, 15) is 4.79 Å². The van der Waals surface area contributed by atoms with E-state index >= 15 is 0 Å². The molecule has 0 spiro atoms. The molecule has 166 valence electrons. The summed E-state index contributed by atoms with van der Waals surface area (Å²) >= 11 is 1.66. The van der Waals surface area contributed by atoms with Crippen molar-refractivity contribution in [2.75, 3.05) is 18.0 Å². The summed E-state index contributed by atoms with van der Waals surface area (Å²) in [6, 6.07) is 8.32. The average Bonchev–Trinajstić information content (AvgIpc) is 3.49. The van der Waals surface area contributed by atoms with Crippen LogP contribution in [0.1, 0.15) is 35.4 Å². The molecular weight excluding hydrogens is 422 g/mol. The molecule has 0 radical (unpaired) electrons. The number of fused-ring (bicyclic) bond motifs is 1. The number of amides is 1. The van der Waals surface area contributed by atoms with Crippen LogP contribution in [0.4, 0.5) is 5.13 Å². The number of nitrogens with zero attached hydrogens (tertiary/aromatic N) is 5. The number of benzene rings is 1. The summed E-state index contributed by atoms with van der Waals surface area (Å²) < 4.78 is 3.02. The highest BCUT2D eigenvalue weighted by Gasteiger charge is 2.28. The lowest BCUT2D eigenvalue weighted by atomic mass is 9.97. The molecule has 1 unspecified atom stereocenters. The maximum absolute atomic E-state index is 12.8. The molecule has 0 aliphatic carbocycles. The van der Waals surface area contributed by atoms with Crippen LogP contribution in [0.2, 0.25) is 0 Å². The first-order valence-corrected chi connectivity index (χ1v) is 11.8. The topological polar surface area (TPSA) is 91.7 Å². The van der Waals surface area contributed by atoms with Crippen molar-refractivity contribution in [2.45, 2.75) is 40.2 Å². The number of aryl methyl sites for hydroxylation is 3. The predicted molar refractivity (Wildman–Crippen MR) is 126 cm³/mol. The number of aromatic amines is 1. The van der Waals surface area contributed by atoms with Gasteiger partial charge < -0.3 is 10.2 Å². The second-order valence-corrected chi connectivity index (χ2v) is 9.48. The third kappa shape index (κ3) is 3.88. The summed E-state index contributed by atoms with van der Waals surface area (Å²) in [5.41, 5.74) is 6.10. The molecule has 4 aromatic rings. The van der Waals surface area contributed by atoms with Crippen molar-refractivity contribution < 1.29 is 4.79 Å². The van der Waals surface area contributed by atoms with E-state index in [2.05, 4.69) is 51.6 Å². The minimum Gasteiger partial charge on any atom is -0.352 e. The summed E-state index contributed by atoms with van der Waals surface area (Å²) in [5, 5.41) is 15.7. The largest absolute Gasteiger partial charge is 0.352 e. The van der Waals surface area contributed by atoms with Crippen molar-refractivity contribution in [2.24, 2.45) is 5.92 Å². The molecule has 8 nitrogen and oxygen atoms in total. The third-order valence-corrected chi connectivity index (χ3v) is 7.32. The SMILES string of the molecule is Cc1ccc(-n2nc(C)c3sc(N4CCCC(C(=O)NCc5cn[nH]c5C)C4)nc32)cc1. The van der Waals surface area contributed by atoms with Gasteiger partial charge >= 0.3 is 0 Å². The number of carbonyl (C=O) groups excluding carboxylic acids is 1. The summed E-state index contributed by atoms with van der Waals surface area (Å²) in [6.07, 6.45) is 3.64. The van der Waals surface area contributed by atoms with E-state index in [0.717, 1.165) is 57.5 Å². The predicted octanol–water partition coefficient (Wildman–Crippen LogP) is 3.66. The van der Waals surface area contributed by atoms with Crippen molar-refractivity contribution >= 4 is 32.7 Å². The maximum atomic E-state index is 12.8. The summed E-state index contributed by atoms with van der Waals surface area (Å²) in [7, 11) is 0. The Kier molecular flexibility index (Phi) is 5.42. The van der Waals surface area contributed by atoms with Crippen molar-refractivity contribution in [3.05, 3.63) is 53.0 Å². The number of H-pyrrole nitrogens is 1. The lowest BCUT2D eigenvalue weighted by Crippen LogP contribution is -2.43. The minimum atomic E-state index is -0.0438. The first kappa shape index (κ1) is 20.7. The molecule has 1 aromatic carbocycles. The Hall–Kier alpha value is -3.20. The van der Waals surface area contributed by atoms with Crippen LogP contribution >= 0.6 is 11.3 Å². The van der Waals surface area contributed by atoms with Gasteiger partial charge in [0.05, 0.1) is 28.2 Å². The van der Waals surface area contributed by atoms with Crippen LogP contribution < -0.4 is 10.2 Å². The quantitative estimate of drug-likeness (QED) is 0.485. The zero-order valence-corrected chi connectivity index (χ0v) is 19.4. The minimum absolute atomic E-state index is 0.0438. The van der Waals surface area contributed by atoms with Crippen LogP contribution in [-0.4, -0.2) is 44.0 Å². The van der Waals surface area contributed by atoms with Gasteiger partial charge in [0.1, 0.15) is 0 Å². The van der Waals surface area contributed by atoms with E-state index in [-0.39, 0.29) is 11.8 Å². The monoisotopic (exact) mass is 449 g/mol. The number of rotatable bonds is 5. The first-order valence-electron chi connectivity index (χ1n) is 10.9. The van der Waals surface area contributed by atoms with E-state index in [0.29, 0.717) is 13.1 Å². The van der Waals surface area contributed by atoms with Crippen LogP contribution in [0.5, 0.6) is 0 Å². The number of hydrogen-bond donors (Lipinski definition) is 2. The molecule has 3 aromatic heterocycles. The van der Waals surface area contributed by atoms with Gasteiger partial charge in [0.2, 0.25) is 5.91 Å². The molecule has 1 aliphatic rings. The van der Waals surface area contributed by atoms with E-state index in [1.807, 2.05) is 18.5 Å². The molecule has 1 saturated heterocycles. The van der Waals surface area contributed by atoms with Gasteiger partial charge in [-0.2, -0.15) is 15.2 Å². The maximum Gasteiger partial charge on any atom is 0.225 e. The highest BCUT2D eigenvalue weighted by Crippen LogP contribution is 2.34. The van der Waals surface area contributed by atoms with Crippen molar-refractivity contribution in [3.8, 4) is 5.69 Å². The first-order chi connectivity index (χ1) is 15.5. The third-order valence-electron chi connectivity index (χ3n) is 6.11. The lowest BCUT2D eigenvalue weighted by Gasteiger charge is -2.31. The Morgan fingerprint density at radius 2 is 2.06 bits per heavy atom. The zero-order chi connectivity index (χ0) is 22.2. The zero-order valence-electron chi connectivity index (χ0n) is 18.6. The van der Waals surface area contributed by atoms with Crippen molar-refractivity contribution in [1.82, 2.24) is 30.3 Å². The molecule has 4 heterocycles. The van der Waals surface area contributed by atoms with E-state index in [4.69, 9.17) is 10.1 Å². The molecular formula is C23H27N7OS. The van der Waals surface area contributed by atoms with Crippen LogP contribution in [0.25, 0.3) is 16.0 Å². The fourth-order valence-corrected chi connectivity index (χ4v) is 5.19. The fraction of sp³-hybridized carbons (Fsp3) is 0.391. The number of anilines is 1. The van der Waals surface area contributed by atoms with Gasteiger partial charge in [-0.15, -0.1) is 0 Å². The Morgan fingerprint density at radius 1 is 1.25 bits per heavy atom. The standard InChI is InChI=1S/C23H27N7OS/c1-14-6-8-19(9-7-14)30-21-20(16(3)28-30)32-23(26-21)29-10-4-5-17(13-29)22(31)24-11-18-12-25-27-15(18)2/h6-9,12,17H,4-5,10-11,13H2,1-3H3,(H,24,31)(H,25,27). The Labute approximate surface area is 190 Å². The van der Waals surface area contributed by atoms with Crippen molar-refractivity contribution in [3.63, 3.8) is 0 Å². The van der Waals surface area contributed by atoms with Gasteiger partial charge in [0, 0.05) is 30.9 Å². The Morgan fingerprint density at radius 3 is 2.81 bits per heavy atom. The molecule has 0 bridgehead atoms. The van der Waals surface area contributed by atoms with Gasteiger partial charge in [-0.3, -0.25) is 9.89 Å². The smallest absolute Gasteiger partial charge is 0.225 e. The highest BCUT2D eigenvalue weighted by molar-refractivity contribution is 7.22. The molecule has 2 N–H and O–H groups in total. The summed E-state index contributed by atoms with van der Waals surface area (Å²) in [5.74, 6) is 0.0519. The lowest BCUT2D eigenvalue weighted by molar-refractivity contribution is -0.125. The number of carbonyl (C=O) groups is 1. The van der Waals surface area contributed by atoms with Gasteiger partial charge in [-0.25, -0.2) is 4.68 Å². The van der Waals surface area contributed by atoms with E-state index in [1.54, 1.807) is 17.5 Å². The van der Waals surface area contributed by atoms with E-state index in [1.165, 1.54) is 5.56 Å². The van der Waals surface area contributed by atoms with Crippen molar-refractivity contribution in [1.29, 1.82) is 0 Å². The van der Waals surface area contributed by atoms with Gasteiger partial charge in [0.15, 0.2) is 10.8 Å². The number of thiazole rings is 1. The number of piperidine rings is 1. The normalized spacial score (nSPS) is 16.6. The molecule has 1 atom stereocenters. The molecule has 1 amide bonds. The fourth-order valence-electron chi connectivity index (χ4n) is 4.17.